The van der Waals surface area contributed by atoms with Crippen LogP contribution in [0.5, 0.6) is 11.6 Å². The van der Waals surface area contributed by atoms with Crippen LogP contribution in [-0.2, 0) is 13.6 Å². The maximum Gasteiger partial charge on any atom is 0.243 e. The van der Waals surface area contributed by atoms with Crippen molar-refractivity contribution in [2.75, 3.05) is 0 Å². The van der Waals surface area contributed by atoms with Crippen molar-refractivity contribution in [3.8, 4) is 11.6 Å². The maximum atomic E-state index is 5.75. The van der Waals surface area contributed by atoms with E-state index >= 15 is 0 Å². The van der Waals surface area contributed by atoms with Gasteiger partial charge in [-0.3, -0.25) is 4.68 Å². The van der Waals surface area contributed by atoms with Crippen molar-refractivity contribution in [3.63, 3.8) is 0 Å². The first kappa shape index (κ1) is 11.5. The van der Waals surface area contributed by atoms with Gasteiger partial charge >= 0.3 is 0 Å². The summed E-state index contributed by atoms with van der Waals surface area (Å²) >= 11 is 0. The van der Waals surface area contributed by atoms with Crippen molar-refractivity contribution in [2.45, 2.75) is 20.4 Å². The van der Waals surface area contributed by atoms with Crippen molar-refractivity contribution in [1.29, 1.82) is 0 Å². The van der Waals surface area contributed by atoms with Crippen LogP contribution in [0.1, 0.15) is 17.0 Å². The summed E-state index contributed by atoms with van der Waals surface area (Å²) in [6, 6.07) is 1.80. The van der Waals surface area contributed by atoms with Crippen molar-refractivity contribution < 1.29 is 4.74 Å². The predicted octanol–water partition coefficient (Wildman–Crippen LogP) is 1.08. The van der Waals surface area contributed by atoms with E-state index in [1.54, 1.807) is 16.9 Å². The molecule has 17 heavy (non-hydrogen) atoms. The number of ether oxygens (including phenoxy) is 1. The Morgan fingerprint density at radius 1 is 1.41 bits per heavy atom. The van der Waals surface area contributed by atoms with Crippen LogP contribution in [0.2, 0.25) is 0 Å². The van der Waals surface area contributed by atoms with Gasteiger partial charge in [-0.2, -0.15) is 10.2 Å². The standard InChI is InChI=1S/C11H15N5O/c1-7-10(8(2)16(3)15-7)17-11-9(6-12)4-5-13-14-11/h4-5H,6,12H2,1-3H3. The molecule has 0 fully saturated rings. The van der Waals surface area contributed by atoms with E-state index in [-0.39, 0.29) is 0 Å². The van der Waals surface area contributed by atoms with E-state index in [0.717, 1.165) is 17.0 Å². The molecule has 0 spiro atoms. The molecular weight excluding hydrogens is 218 g/mol. The fourth-order valence-corrected chi connectivity index (χ4v) is 1.58. The lowest BCUT2D eigenvalue weighted by Gasteiger charge is -2.07. The third-order valence-electron chi connectivity index (χ3n) is 2.63. The summed E-state index contributed by atoms with van der Waals surface area (Å²) < 4.78 is 7.51. The highest BCUT2D eigenvalue weighted by Gasteiger charge is 2.14. The van der Waals surface area contributed by atoms with Crippen LogP contribution in [0.3, 0.4) is 0 Å². The predicted molar refractivity (Wildman–Crippen MR) is 62.7 cm³/mol. The van der Waals surface area contributed by atoms with Crippen LogP contribution < -0.4 is 10.5 Å². The number of hydrogen-bond donors (Lipinski definition) is 1. The molecule has 0 saturated carbocycles. The van der Waals surface area contributed by atoms with Crippen molar-refractivity contribution in [1.82, 2.24) is 20.0 Å². The Morgan fingerprint density at radius 3 is 2.76 bits per heavy atom. The largest absolute Gasteiger partial charge is 0.433 e. The number of nitrogens with zero attached hydrogens (tertiary/aromatic N) is 4. The minimum absolute atomic E-state index is 0.364. The number of aryl methyl sites for hydroxylation is 2. The molecule has 6 nitrogen and oxygen atoms in total. The van der Waals surface area contributed by atoms with Gasteiger partial charge in [0.05, 0.1) is 11.9 Å². The Kier molecular flexibility index (Phi) is 3.06. The number of aromatic nitrogens is 4. The topological polar surface area (TPSA) is 78.8 Å². The second-order valence-corrected chi connectivity index (χ2v) is 3.79. The molecule has 6 heteroatoms. The molecular formula is C11H15N5O. The highest BCUT2D eigenvalue weighted by molar-refractivity contribution is 5.37. The Labute approximate surface area is 99.4 Å². The molecule has 2 heterocycles. The van der Waals surface area contributed by atoms with Gasteiger partial charge in [0, 0.05) is 19.2 Å². The quantitative estimate of drug-likeness (QED) is 0.858. The minimum Gasteiger partial charge on any atom is -0.433 e. The van der Waals surface area contributed by atoms with Gasteiger partial charge in [-0.15, -0.1) is 5.10 Å². The lowest BCUT2D eigenvalue weighted by atomic mass is 10.3. The molecule has 0 aromatic carbocycles. The van der Waals surface area contributed by atoms with E-state index in [1.165, 1.54) is 0 Å². The first-order valence-corrected chi connectivity index (χ1v) is 5.32. The number of nitrogens with two attached hydrogens (primary N) is 1. The Morgan fingerprint density at radius 2 is 2.18 bits per heavy atom. The third-order valence-corrected chi connectivity index (χ3v) is 2.63. The van der Waals surface area contributed by atoms with Crippen LogP contribution in [0, 0.1) is 13.8 Å². The zero-order valence-electron chi connectivity index (χ0n) is 10.1. The molecule has 0 saturated heterocycles. The van der Waals surface area contributed by atoms with E-state index in [4.69, 9.17) is 10.5 Å². The van der Waals surface area contributed by atoms with Gasteiger partial charge in [-0.05, 0) is 19.9 Å². The van der Waals surface area contributed by atoms with E-state index in [2.05, 4.69) is 15.3 Å². The number of rotatable bonds is 3. The molecule has 0 bridgehead atoms. The fraction of sp³-hybridized carbons (Fsp3) is 0.364. The molecule has 2 rings (SSSR count). The molecule has 0 unspecified atom stereocenters. The van der Waals surface area contributed by atoms with E-state index in [9.17, 15) is 0 Å². The Bertz CT molecular complexity index is 535. The molecule has 2 aromatic heterocycles. The summed E-state index contributed by atoms with van der Waals surface area (Å²) in [5, 5.41) is 12.0. The first-order chi connectivity index (χ1) is 8.13. The molecule has 0 radical (unpaired) electrons. The van der Waals surface area contributed by atoms with Gasteiger partial charge in [0.1, 0.15) is 5.69 Å². The Balaban J connectivity index is 2.38. The van der Waals surface area contributed by atoms with Crippen LogP contribution in [0.15, 0.2) is 12.3 Å². The van der Waals surface area contributed by atoms with Gasteiger partial charge in [0.2, 0.25) is 5.88 Å². The van der Waals surface area contributed by atoms with Crippen LogP contribution in [-0.4, -0.2) is 20.0 Å². The van der Waals surface area contributed by atoms with Crippen molar-refractivity contribution in [3.05, 3.63) is 29.2 Å². The van der Waals surface area contributed by atoms with E-state index in [1.807, 2.05) is 20.9 Å². The summed E-state index contributed by atoms with van der Waals surface area (Å²) in [5.41, 5.74) is 8.20. The van der Waals surface area contributed by atoms with Gasteiger partial charge < -0.3 is 10.5 Å². The first-order valence-electron chi connectivity index (χ1n) is 5.32. The molecule has 2 aromatic rings. The Hall–Kier alpha value is -1.95. The van der Waals surface area contributed by atoms with Crippen molar-refractivity contribution in [2.24, 2.45) is 12.8 Å². The van der Waals surface area contributed by atoms with Crippen LogP contribution >= 0.6 is 0 Å². The van der Waals surface area contributed by atoms with Crippen LogP contribution in [0.4, 0.5) is 0 Å². The fourth-order valence-electron chi connectivity index (χ4n) is 1.58. The van der Waals surface area contributed by atoms with Gasteiger partial charge in [-0.25, -0.2) is 0 Å². The molecule has 0 aliphatic carbocycles. The average molecular weight is 233 g/mol. The lowest BCUT2D eigenvalue weighted by Crippen LogP contribution is -2.02. The molecule has 2 N–H and O–H groups in total. The summed E-state index contributed by atoms with van der Waals surface area (Å²) in [5.74, 6) is 1.15. The van der Waals surface area contributed by atoms with E-state index in [0.29, 0.717) is 18.2 Å². The molecule has 0 amide bonds. The summed E-state index contributed by atoms with van der Waals surface area (Å²) in [6.45, 7) is 4.19. The van der Waals surface area contributed by atoms with Gasteiger partial charge in [0.25, 0.3) is 0 Å². The second-order valence-electron chi connectivity index (χ2n) is 3.79. The average Bonchev–Trinajstić information content (AvgIpc) is 2.57. The molecule has 90 valence electrons. The highest BCUT2D eigenvalue weighted by atomic mass is 16.5. The van der Waals surface area contributed by atoms with Gasteiger partial charge in [-0.1, -0.05) is 0 Å². The van der Waals surface area contributed by atoms with Crippen LogP contribution in [0.25, 0.3) is 0 Å². The van der Waals surface area contributed by atoms with E-state index < -0.39 is 0 Å². The molecule has 0 aliphatic heterocycles. The zero-order valence-corrected chi connectivity index (χ0v) is 10.1. The summed E-state index contributed by atoms with van der Waals surface area (Å²) in [6.07, 6.45) is 1.60. The smallest absolute Gasteiger partial charge is 0.243 e. The number of hydrogen-bond acceptors (Lipinski definition) is 5. The minimum atomic E-state index is 0.364. The summed E-state index contributed by atoms with van der Waals surface area (Å²) in [4.78, 5) is 0. The second kappa shape index (κ2) is 4.50. The third kappa shape index (κ3) is 2.12. The monoisotopic (exact) mass is 233 g/mol. The van der Waals surface area contributed by atoms with Gasteiger partial charge in [0.15, 0.2) is 5.75 Å². The summed E-state index contributed by atoms with van der Waals surface area (Å²) in [7, 11) is 1.87. The highest BCUT2D eigenvalue weighted by Crippen LogP contribution is 2.28. The molecule has 0 aliphatic rings. The zero-order chi connectivity index (χ0) is 12.4. The SMILES string of the molecule is Cc1nn(C)c(C)c1Oc1nnccc1CN. The van der Waals surface area contributed by atoms with Crippen molar-refractivity contribution >= 4 is 0 Å². The lowest BCUT2D eigenvalue weighted by molar-refractivity contribution is 0.441. The molecule has 0 atom stereocenters. The normalized spacial score (nSPS) is 10.6. The maximum absolute atomic E-state index is 5.75.